The molecule has 1 nitrogen and oxygen atoms in total. The first-order valence-electron chi connectivity index (χ1n) is 8.79. The number of hydrogen-bond acceptors (Lipinski definition) is 1. The fourth-order valence-electron chi connectivity index (χ4n) is 3.41. The maximum absolute atomic E-state index is 5.82. The standard InChI is InChI=1S/C18H36O/c1-5-7-9-11-13-15-18(4,17-16(3)19-17)14-12-10-8-6-2/h16-17H,5-15H2,1-4H3. The van der Waals surface area contributed by atoms with Gasteiger partial charge < -0.3 is 4.74 Å². The van der Waals surface area contributed by atoms with Crippen LogP contribution in [0.3, 0.4) is 0 Å². The maximum atomic E-state index is 5.82. The molecule has 1 rings (SSSR count). The topological polar surface area (TPSA) is 12.5 Å². The molecule has 1 heteroatoms. The van der Waals surface area contributed by atoms with Crippen LogP contribution in [0.2, 0.25) is 0 Å². The van der Waals surface area contributed by atoms with Gasteiger partial charge in [0.1, 0.15) is 0 Å². The second-order valence-corrected chi connectivity index (χ2v) is 6.89. The van der Waals surface area contributed by atoms with E-state index in [4.69, 9.17) is 4.74 Å². The maximum Gasteiger partial charge on any atom is 0.0892 e. The number of epoxide rings is 1. The summed E-state index contributed by atoms with van der Waals surface area (Å²) in [4.78, 5) is 0. The molecule has 0 aromatic carbocycles. The molecule has 1 aliphatic rings. The van der Waals surface area contributed by atoms with Crippen LogP contribution in [0.15, 0.2) is 0 Å². The second-order valence-electron chi connectivity index (χ2n) is 6.89. The summed E-state index contributed by atoms with van der Waals surface area (Å²) in [6.07, 6.45) is 16.3. The lowest BCUT2D eigenvalue weighted by atomic mass is 9.76. The molecule has 0 N–H and O–H groups in total. The molecule has 3 atom stereocenters. The zero-order valence-electron chi connectivity index (χ0n) is 13.8. The fraction of sp³-hybridized carbons (Fsp3) is 1.00. The monoisotopic (exact) mass is 268 g/mol. The molecule has 0 aromatic heterocycles. The zero-order valence-corrected chi connectivity index (χ0v) is 13.8. The van der Waals surface area contributed by atoms with Crippen LogP contribution in [0.25, 0.3) is 0 Å². The van der Waals surface area contributed by atoms with Gasteiger partial charge in [-0.05, 0) is 25.2 Å². The van der Waals surface area contributed by atoms with Crippen LogP contribution in [0, 0.1) is 5.41 Å². The van der Waals surface area contributed by atoms with E-state index in [-0.39, 0.29) is 0 Å². The van der Waals surface area contributed by atoms with Crippen LogP contribution in [-0.2, 0) is 4.74 Å². The highest BCUT2D eigenvalue weighted by atomic mass is 16.6. The molecule has 0 radical (unpaired) electrons. The molecule has 0 bridgehead atoms. The van der Waals surface area contributed by atoms with Gasteiger partial charge in [0, 0.05) is 0 Å². The zero-order chi connectivity index (χ0) is 14.1. The van der Waals surface area contributed by atoms with Crippen molar-refractivity contribution < 1.29 is 4.74 Å². The Hall–Kier alpha value is -0.0400. The first kappa shape index (κ1) is 17.0. The minimum atomic E-state index is 0.458. The largest absolute Gasteiger partial charge is 0.369 e. The highest BCUT2D eigenvalue weighted by molar-refractivity contribution is 4.95. The van der Waals surface area contributed by atoms with Crippen molar-refractivity contribution in [3.63, 3.8) is 0 Å². The predicted molar refractivity (Wildman–Crippen MR) is 84.6 cm³/mol. The molecule has 1 saturated heterocycles. The third-order valence-corrected chi connectivity index (χ3v) is 4.85. The summed E-state index contributed by atoms with van der Waals surface area (Å²) >= 11 is 0. The van der Waals surface area contributed by atoms with E-state index in [1.807, 2.05) is 0 Å². The highest BCUT2D eigenvalue weighted by Crippen LogP contribution is 2.45. The number of hydrogen-bond donors (Lipinski definition) is 0. The summed E-state index contributed by atoms with van der Waals surface area (Å²) < 4.78 is 5.82. The molecular formula is C18H36O. The Morgan fingerprint density at radius 1 is 0.789 bits per heavy atom. The molecular weight excluding hydrogens is 232 g/mol. The first-order valence-corrected chi connectivity index (χ1v) is 8.79. The van der Waals surface area contributed by atoms with Crippen molar-refractivity contribution in [3.8, 4) is 0 Å². The van der Waals surface area contributed by atoms with E-state index in [1.54, 1.807) is 0 Å². The summed E-state index contributed by atoms with van der Waals surface area (Å²) in [7, 11) is 0. The molecule has 1 fully saturated rings. The third-order valence-electron chi connectivity index (χ3n) is 4.85. The Morgan fingerprint density at radius 2 is 1.21 bits per heavy atom. The SMILES string of the molecule is CCCCCCCC(C)(CCCCCC)C1OC1C. The molecule has 3 unspecified atom stereocenters. The molecule has 0 aliphatic carbocycles. The molecule has 0 aromatic rings. The molecule has 1 heterocycles. The summed E-state index contributed by atoms with van der Waals surface area (Å²) in [5.74, 6) is 0. The summed E-state index contributed by atoms with van der Waals surface area (Å²) in [5.41, 5.74) is 0.458. The lowest BCUT2D eigenvalue weighted by Crippen LogP contribution is -2.25. The van der Waals surface area contributed by atoms with Gasteiger partial charge in [-0.15, -0.1) is 0 Å². The average Bonchev–Trinajstić information content (AvgIpc) is 3.13. The van der Waals surface area contributed by atoms with Gasteiger partial charge in [-0.25, -0.2) is 0 Å². The molecule has 0 saturated carbocycles. The Kier molecular flexibility index (Phi) is 8.06. The lowest BCUT2D eigenvalue weighted by Gasteiger charge is -2.28. The number of rotatable bonds is 12. The second kappa shape index (κ2) is 9.00. The van der Waals surface area contributed by atoms with E-state index in [0.29, 0.717) is 17.6 Å². The van der Waals surface area contributed by atoms with Gasteiger partial charge >= 0.3 is 0 Å². The van der Waals surface area contributed by atoms with Gasteiger partial charge in [0.25, 0.3) is 0 Å². The van der Waals surface area contributed by atoms with E-state index in [0.717, 1.165) is 0 Å². The van der Waals surface area contributed by atoms with Crippen LogP contribution in [0.4, 0.5) is 0 Å². The normalized spacial score (nSPS) is 25.3. The van der Waals surface area contributed by atoms with Gasteiger partial charge in [0.2, 0.25) is 0 Å². The Bertz CT molecular complexity index is 226. The predicted octanol–water partition coefficient (Wildman–Crippen LogP) is 6.11. The molecule has 0 spiro atoms. The van der Waals surface area contributed by atoms with Crippen LogP contribution < -0.4 is 0 Å². The van der Waals surface area contributed by atoms with Crippen LogP contribution in [-0.4, -0.2) is 12.2 Å². The van der Waals surface area contributed by atoms with Gasteiger partial charge in [0.15, 0.2) is 0 Å². The summed E-state index contributed by atoms with van der Waals surface area (Å²) in [5, 5.41) is 0. The smallest absolute Gasteiger partial charge is 0.0892 e. The van der Waals surface area contributed by atoms with Crippen molar-refractivity contribution in [2.45, 2.75) is 111 Å². The van der Waals surface area contributed by atoms with E-state index in [2.05, 4.69) is 27.7 Å². The van der Waals surface area contributed by atoms with Crippen LogP contribution in [0.5, 0.6) is 0 Å². The van der Waals surface area contributed by atoms with Gasteiger partial charge in [0.05, 0.1) is 12.2 Å². The minimum absolute atomic E-state index is 0.458. The molecule has 114 valence electrons. The average molecular weight is 268 g/mol. The van der Waals surface area contributed by atoms with E-state index in [9.17, 15) is 0 Å². The van der Waals surface area contributed by atoms with Gasteiger partial charge in [-0.1, -0.05) is 78.6 Å². The van der Waals surface area contributed by atoms with Crippen LogP contribution in [0.1, 0.15) is 98.3 Å². The fourth-order valence-corrected chi connectivity index (χ4v) is 3.41. The van der Waals surface area contributed by atoms with Gasteiger partial charge in [-0.3, -0.25) is 0 Å². The Balaban J connectivity index is 2.25. The molecule has 19 heavy (non-hydrogen) atoms. The lowest BCUT2D eigenvalue weighted by molar-refractivity contribution is 0.177. The van der Waals surface area contributed by atoms with Gasteiger partial charge in [-0.2, -0.15) is 0 Å². The van der Waals surface area contributed by atoms with Crippen molar-refractivity contribution in [3.05, 3.63) is 0 Å². The first-order chi connectivity index (χ1) is 9.14. The number of ether oxygens (including phenoxy) is 1. The van der Waals surface area contributed by atoms with Crippen molar-refractivity contribution >= 4 is 0 Å². The summed E-state index contributed by atoms with van der Waals surface area (Å²) in [6, 6.07) is 0. The third kappa shape index (κ3) is 6.29. The van der Waals surface area contributed by atoms with E-state index >= 15 is 0 Å². The van der Waals surface area contributed by atoms with E-state index in [1.165, 1.54) is 70.6 Å². The van der Waals surface area contributed by atoms with E-state index < -0.39 is 0 Å². The van der Waals surface area contributed by atoms with Crippen molar-refractivity contribution in [1.82, 2.24) is 0 Å². The number of unbranched alkanes of at least 4 members (excludes halogenated alkanes) is 7. The van der Waals surface area contributed by atoms with Crippen molar-refractivity contribution in [2.75, 3.05) is 0 Å². The van der Waals surface area contributed by atoms with Crippen LogP contribution >= 0.6 is 0 Å². The minimum Gasteiger partial charge on any atom is -0.369 e. The highest BCUT2D eigenvalue weighted by Gasteiger charge is 2.48. The van der Waals surface area contributed by atoms with Crippen molar-refractivity contribution in [2.24, 2.45) is 5.41 Å². The summed E-state index contributed by atoms with van der Waals surface area (Å²) in [6.45, 7) is 9.30. The van der Waals surface area contributed by atoms with Crippen molar-refractivity contribution in [1.29, 1.82) is 0 Å². The molecule has 1 aliphatic heterocycles. The Labute approximate surface area is 121 Å². The quantitative estimate of drug-likeness (QED) is 0.307. The molecule has 0 amide bonds. The Morgan fingerprint density at radius 3 is 1.63 bits per heavy atom.